The summed E-state index contributed by atoms with van der Waals surface area (Å²) in [6.07, 6.45) is 1.69. The minimum absolute atomic E-state index is 0.0746. The second kappa shape index (κ2) is 12.0. The number of ether oxygens (including phenoxy) is 3. The molecule has 3 rings (SSSR count). The van der Waals surface area contributed by atoms with Crippen LogP contribution in [0.25, 0.3) is 6.08 Å². The van der Waals surface area contributed by atoms with Crippen LogP contribution < -0.4 is 9.47 Å². The number of carbonyl (C=O) groups excluding carboxylic acids is 2. The third-order valence-corrected chi connectivity index (χ3v) is 6.82. The van der Waals surface area contributed by atoms with Crippen LogP contribution in [0.4, 0.5) is 0 Å². The number of halogens is 2. The van der Waals surface area contributed by atoms with E-state index in [0.29, 0.717) is 14.9 Å². The summed E-state index contributed by atoms with van der Waals surface area (Å²) >= 11 is 4.09. The van der Waals surface area contributed by atoms with Crippen molar-refractivity contribution in [3.63, 3.8) is 0 Å². The van der Waals surface area contributed by atoms with E-state index in [1.165, 1.54) is 12.1 Å². The van der Waals surface area contributed by atoms with Crippen molar-refractivity contribution in [3.05, 3.63) is 91.1 Å². The van der Waals surface area contributed by atoms with E-state index in [1.54, 1.807) is 42.5 Å². The van der Waals surface area contributed by atoms with Gasteiger partial charge in [0, 0.05) is 9.13 Å². The van der Waals surface area contributed by atoms with E-state index in [-0.39, 0.29) is 29.4 Å². The van der Waals surface area contributed by atoms with Gasteiger partial charge in [0.1, 0.15) is 12.4 Å². The van der Waals surface area contributed by atoms with Gasteiger partial charge in [-0.25, -0.2) is 9.59 Å². The van der Waals surface area contributed by atoms with E-state index in [0.717, 1.165) is 21.3 Å². The summed E-state index contributed by atoms with van der Waals surface area (Å²) in [6, 6.07) is 15.2. The molecule has 0 saturated carbocycles. The topological polar surface area (TPSA) is 116 Å². The van der Waals surface area contributed by atoms with Gasteiger partial charge in [-0.2, -0.15) is 8.42 Å². The maximum atomic E-state index is 12.6. The molecule has 0 unspecified atom stereocenters. The van der Waals surface area contributed by atoms with Crippen molar-refractivity contribution in [1.82, 2.24) is 0 Å². The average molecular weight is 720 g/mol. The summed E-state index contributed by atoms with van der Waals surface area (Å²) in [5.74, 6) is -0.635. The molecule has 3 aromatic rings. The minimum Gasteiger partial charge on any atom is -0.482 e. The Morgan fingerprint density at radius 1 is 1.00 bits per heavy atom. The molecule has 3 aromatic carbocycles. The molecular weight excluding hydrogens is 702 g/mol. The Kier molecular flexibility index (Phi) is 9.27. The van der Waals surface area contributed by atoms with Gasteiger partial charge in [-0.1, -0.05) is 24.8 Å². The maximum absolute atomic E-state index is 12.6. The van der Waals surface area contributed by atoms with E-state index in [4.69, 9.17) is 18.8 Å². The Labute approximate surface area is 229 Å². The lowest BCUT2D eigenvalue weighted by molar-refractivity contribution is -0.147. The predicted molar refractivity (Wildman–Crippen MR) is 145 cm³/mol. The molecule has 0 atom stereocenters. The van der Waals surface area contributed by atoms with Crippen LogP contribution in [-0.2, 0) is 26.3 Å². The molecule has 11 heteroatoms. The second-order valence-corrected chi connectivity index (χ2v) is 10.8. The number of rotatable bonds is 9. The van der Waals surface area contributed by atoms with Crippen molar-refractivity contribution >= 4 is 73.3 Å². The highest BCUT2D eigenvalue weighted by Crippen LogP contribution is 2.30. The average Bonchev–Trinajstić information content (AvgIpc) is 2.83. The molecule has 0 saturated heterocycles. The summed E-state index contributed by atoms with van der Waals surface area (Å²) in [7, 11) is -4.38. The number of esters is 2. The molecule has 1 N–H and O–H groups in total. The van der Waals surface area contributed by atoms with Crippen LogP contribution in [0.15, 0.2) is 72.1 Å². The van der Waals surface area contributed by atoms with E-state index in [9.17, 15) is 18.0 Å². The summed E-state index contributed by atoms with van der Waals surface area (Å²) in [6.45, 7) is 3.22. The molecular formula is C24H18I2O8S. The lowest BCUT2D eigenvalue weighted by Crippen LogP contribution is -2.16. The van der Waals surface area contributed by atoms with Crippen molar-refractivity contribution in [2.45, 2.75) is 11.5 Å². The van der Waals surface area contributed by atoms with Gasteiger partial charge in [0.2, 0.25) is 0 Å². The molecule has 0 aliphatic heterocycles. The number of benzene rings is 3. The second-order valence-electron chi connectivity index (χ2n) is 6.99. The van der Waals surface area contributed by atoms with Crippen molar-refractivity contribution in [2.24, 2.45) is 0 Å². The molecule has 0 aromatic heterocycles. The van der Waals surface area contributed by atoms with Gasteiger partial charge in [-0.05, 0) is 99.3 Å². The Morgan fingerprint density at radius 2 is 1.66 bits per heavy atom. The van der Waals surface area contributed by atoms with Crippen LogP contribution in [-0.4, -0.2) is 31.5 Å². The van der Waals surface area contributed by atoms with E-state index in [2.05, 4.69) is 29.2 Å². The normalized spacial score (nSPS) is 10.9. The molecule has 0 amide bonds. The number of hydrogen-bond donors (Lipinski definition) is 1. The van der Waals surface area contributed by atoms with Gasteiger partial charge >= 0.3 is 11.9 Å². The fourth-order valence-corrected chi connectivity index (χ4v) is 5.35. The quantitative estimate of drug-likeness (QED) is 0.140. The van der Waals surface area contributed by atoms with Crippen LogP contribution >= 0.6 is 45.2 Å². The Hall–Kier alpha value is -2.49. The third-order valence-electron chi connectivity index (χ3n) is 4.53. The standard InChI is InChI=1S/C24H18I2O8S/c1-2-15-3-7-19(8-4-15)32-14-22(27)33-13-17-11-18(25)12-21(26)23(17)34-24(28)16-5-9-20(10-6-16)35(29,30)31/h2-12H,1,13-14H2,(H,29,30,31). The summed E-state index contributed by atoms with van der Waals surface area (Å²) in [5.41, 5.74) is 1.46. The number of hydrogen-bond acceptors (Lipinski definition) is 7. The fourth-order valence-electron chi connectivity index (χ4n) is 2.79. The van der Waals surface area contributed by atoms with Gasteiger partial charge in [-0.15, -0.1) is 0 Å². The Morgan fingerprint density at radius 3 is 2.26 bits per heavy atom. The zero-order chi connectivity index (χ0) is 25.6. The van der Waals surface area contributed by atoms with Crippen molar-refractivity contribution in [3.8, 4) is 11.5 Å². The highest BCUT2D eigenvalue weighted by molar-refractivity contribution is 14.1. The van der Waals surface area contributed by atoms with E-state index < -0.39 is 22.1 Å². The van der Waals surface area contributed by atoms with Gasteiger partial charge in [0.15, 0.2) is 12.4 Å². The lowest BCUT2D eigenvalue weighted by atomic mass is 10.2. The first-order valence-corrected chi connectivity index (χ1v) is 13.4. The molecule has 0 bridgehead atoms. The Bertz CT molecular complexity index is 1350. The van der Waals surface area contributed by atoms with Crippen molar-refractivity contribution in [2.75, 3.05) is 6.61 Å². The highest BCUT2D eigenvalue weighted by Gasteiger charge is 2.18. The van der Waals surface area contributed by atoms with Crippen LogP contribution in [0.3, 0.4) is 0 Å². The molecule has 0 radical (unpaired) electrons. The van der Waals surface area contributed by atoms with Gasteiger partial charge in [0.25, 0.3) is 10.1 Å². The maximum Gasteiger partial charge on any atom is 0.344 e. The van der Waals surface area contributed by atoms with Crippen molar-refractivity contribution < 1.29 is 36.8 Å². The summed E-state index contributed by atoms with van der Waals surface area (Å²) < 4.78 is 49.2. The van der Waals surface area contributed by atoms with Gasteiger partial charge in [0.05, 0.1) is 14.0 Å². The molecule has 0 aliphatic rings. The molecule has 0 aliphatic carbocycles. The fraction of sp³-hybridized carbons (Fsp3) is 0.0833. The van der Waals surface area contributed by atoms with Crippen LogP contribution in [0.2, 0.25) is 0 Å². The SMILES string of the molecule is C=Cc1ccc(OCC(=O)OCc2cc(I)cc(I)c2OC(=O)c2ccc(S(=O)(=O)O)cc2)cc1. The molecule has 0 spiro atoms. The molecule has 0 heterocycles. The molecule has 182 valence electrons. The summed E-state index contributed by atoms with van der Waals surface area (Å²) in [4.78, 5) is 24.5. The highest BCUT2D eigenvalue weighted by atomic mass is 127. The first-order chi connectivity index (χ1) is 16.6. The molecule has 35 heavy (non-hydrogen) atoms. The first-order valence-electron chi connectivity index (χ1n) is 9.85. The van der Waals surface area contributed by atoms with Crippen LogP contribution in [0, 0.1) is 7.14 Å². The van der Waals surface area contributed by atoms with E-state index in [1.807, 2.05) is 22.6 Å². The third kappa shape index (κ3) is 7.75. The van der Waals surface area contributed by atoms with Gasteiger partial charge < -0.3 is 14.2 Å². The zero-order valence-electron chi connectivity index (χ0n) is 17.9. The Balaban J connectivity index is 1.67. The minimum atomic E-state index is -4.38. The largest absolute Gasteiger partial charge is 0.482 e. The van der Waals surface area contributed by atoms with Crippen molar-refractivity contribution in [1.29, 1.82) is 0 Å². The summed E-state index contributed by atoms with van der Waals surface area (Å²) in [5, 5.41) is 0. The lowest BCUT2D eigenvalue weighted by Gasteiger charge is -2.14. The number of carbonyl (C=O) groups is 2. The van der Waals surface area contributed by atoms with E-state index >= 15 is 0 Å². The van der Waals surface area contributed by atoms with Crippen LogP contribution in [0.5, 0.6) is 11.5 Å². The first kappa shape index (κ1) is 27.1. The molecule has 8 nitrogen and oxygen atoms in total. The predicted octanol–water partition coefficient (Wildman–Crippen LogP) is 5.13. The van der Waals surface area contributed by atoms with Gasteiger partial charge in [-0.3, -0.25) is 4.55 Å². The van der Waals surface area contributed by atoms with Crippen LogP contribution in [0.1, 0.15) is 21.5 Å². The smallest absolute Gasteiger partial charge is 0.344 e. The molecule has 0 fully saturated rings. The monoisotopic (exact) mass is 720 g/mol. The zero-order valence-corrected chi connectivity index (χ0v) is 23.1.